The predicted octanol–water partition coefficient (Wildman–Crippen LogP) is 2.63. The van der Waals surface area contributed by atoms with Gasteiger partial charge in [0.1, 0.15) is 0 Å². The fraction of sp³-hybridized carbons (Fsp3) is 0.545. The maximum absolute atomic E-state index is 13.0. The Labute approximate surface area is 166 Å². The Morgan fingerprint density at radius 1 is 1.11 bits per heavy atom. The van der Waals surface area contributed by atoms with Crippen molar-refractivity contribution >= 4 is 5.91 Å². The van der Waals surface area contributed by atoms with Crippen LogP contribution in [0.15, 0.2) is 48.8 Å². The smallest absolute Gasteiger partial charge is 0.223 e. The Balaban J connectivity index is 1.35. The van der Waals surface area contributed by atoms with Gasteiger partial charge in [-0.05, 0) is 50.4 Å². The molecule has 2 aliphatic rings. The summed E-state index contributed by atoms with van der Waals surface area (Å²) >= 11 is 0. The van der Waals surface area contributed by atoms with Crippen molar-refractivity contribution in [2.24, 2.45) is 5.92 Å². The lowest BCUT2D eigenvalue weighted by Crippen LogP contribution is -2.47. The van der Waals surface area contributed by atoms with E-state index in [9.17, 15) is 4.79 Å². The molecule has 1 atom stereocenters. The molecular weight excluding hydrogens is 352 g/mol. The van der Waals surface area contributed by atoms with Crippen molar-refractivity contribution in [1.29, 1.82) is 0 Å². The molecule has 1 unspecified atom stereocenters. The summed E-state index contributed by atoms with van der Waals surface area (Å²) in [5.74, 6) is 0.271. The third-order valence-electron chi connectivity index (χ3n) is 6.05. The number of nitrogens with zero attached hydrogens (tertiary/aromatic N) is 3. The zero-order valence-electron chi connectivity index (χ0n) is 16.4. The van der Waals surface area contributed by atoms with E-state index in [1.165, 1.54) is 0 Å². The molecule has 1 aromatic heterocycles. The number of rotatable bonds is 6. The van der Waals surface area contributed by atoms with Crippen LogP contribution in [0.3, 0.4) is 0 Å². The van der Waals surface area contributed by atoms with Gasteiger partial charge in [-0.3, -0.25) is 9.48 Å². The molecule has 28 heavy (non-hydrogen) atoms. The molecule has 6 heteroatoms. The van der Waals surface area contributed by atoms with E-state index in [1.807, 2.05) is 35.1 Å². The van der Waals surface area contributed by atoms with E-state index in [0.717, 1.165) is 57.6 Å². The van der Waals surface area contributed by atoms with E-state index in [0.29, 0.717) is 12.6 Å². The fourth-order valence-corrected chi connectivity index (χ4v) is 4.38. The second-order valence-corrected chi connectivity index (χ2v) is 7.85. The Bertz CT molecular complexity index is 720. The number of ether oxygens (including phenoxy) is 1. The normalized spacial score (nSPS) is 20.7. The number of carbonyl (C=O) groups excluding carboxylic acids is 1. The summed E-state index contributed by atoms with van der Waals surface area (Å²) in [6.07, 6.45) is 7.83. The van der Waals surface area contributed by atoms with Gasteiger partial charge in [0.2, 0.25) is 5.91 Å². The molecule has 4 rings (SSSR count). The predicted molar refractivity (Wildman–Crippen MR) is 108 cm³/mol. The van der Waals surface area contributed by atoms with Gasteiger partial charge < -0.3 is 15.0 Å². The van der Waals surface area contributed by atoms with Crippen molar-refractivity contribution in [2.45, 2.75) is 44.3 Å². The Kier molecular flexibility index (Phi) is 6.39. The molecule has 2 saturated heterocycles. The number of carbonyl (C=O) groups is 1. The van der Waals surface area contributed by atoms with Gasteiger partial charge in [-0.25, -0.2) is 0 Å². The zero-order valence-corrected chi connectivity index (χ0v) is 16.4. The maximum atomic E-state index is 13.0. The number of aromatic nitrogens is 2. The van der Waals surface area contributed by atoms with E-state index in [-0.39, 0.29) is 17.9 Å². The standard InChI is InChI=1S/C22H30N4O2/c27-22(19-7-13-25(14-8-19)20-9-15-28-16-10-20)24-21(17-26-12-4-11-23-26)18-5-2-1-3-6-18/h1-6,11-12,19-21H,7-10,13-17H2,(H,24,27). The number of benzene rings is 1. The van der Waals surface area contributed by atoms with E-state index < -0.39 is 0 Å². The highest BCUT2D eigenvalue weighted by molar-refractivity contribution is 5.79. The first-order chi connectivity index (χ1) is 13.8. The van der Waals surface area contributed by atoms with Gasteiger partial charge in [0.05, 0.1) is 12.6 Å². The molecule has 0 radical (unpaired) electrons. The van der Waals surface area contributed by atoms with Crippen molar-refractivity contribution in [2.75, 3.05) is 26.3 Å². The van der Waals surface area contributed by atoms with E-state index in [4.69, 9.17) is 4.74 Å². The van der Waals surface area contributed by atoms with Crippen LogP contribution in [0.4, 0.5) is 0 Å². The van der Waals surface area contributed by atoms with Crippen molar-refractivity contribution in [1.82, 2.24) is 20.0 Å². The number of likely N-dealkylation sites (tertiary alicyclic amines) is 1. The van der Waals surface area contributed by atoms with Gasteiger partial charge in [-0.15, -0.1) is 0 Å². The first kappa shape index (κ1) is 19.2. The first-order valence-electron chi connectivity index (χ1n) is 10.4. The summed E-state index contributed by atoms with van der Waals surface area (Å²) in [7, 11) is 0. The van der Waals surface area contributed by atoms with Crippen LogP contribution in [-0.4, -0.2) is 52.9 Å². The highest BCUT2D eigenvalue weighted by Crippen LogP contribution is 2.24. The molecule has 0 aliphatic carbocycles. The maximum Gasteiger partial charge on any atom is 0.223 e. The molecule has 1 N–H and O–H groups in total. The molecule has 3 heterocycles. The van der Waals surface area contributed by atoms with Gasteiger partial charge in [-0.1, -0.05) is 30.3 Å². The van der Waals surface area contributed by atoms with Crippen LogP contribution >= 0.6 is 0 Å². The molecule has 2 aliphatic heterocycles. The SMILES string of the molecule is O=C(NC(Cn1cccn1)c1ccccc1)C1CCN(C2CCOCC2)CC1. The average Bonchev–Trinajstić information content (AvgIpc) is 3.28. The summed E-state index contributed by atoms with van der Waals surface area (Å²) in [5, 5.41) is 7.61. The van der Waals surface area contributed by atoms with E-state index in [1.54, 1.807) is 6.20 Å². The van der Waals surface area contributed by atoms with Crippen molar-refractivity contribution in [3.05, 3.63) is 54.4 Å². The zero-order chi connectivity index (χ0) is 19.2. The van der Waals surface area contributed by atoms with Crippen molar-refractivity contribution in [3.8, 4) is 0 Å². The highest BCUT2D eigenvalue weighted by atomic mass is 16.5. The topological polar surface area (TPSA) is 59.4 Å². The van der Waals surface area contributed by atoms with Crippen LogP contribution in [0, 0.1) is 5.92 Å². The lowest BCUT2D eigenvalue weighted by molar-refractivity contribution is -0.127. The van der Waals surface area contributed by atoms with Crippen molar-refractivity contribution in [3.63, 3.8) is 0 Å². The molecule has 0 bridgehead atoms. The largest absolute Gasteiger partial charge is 0.381 e. The highest BCUT2D eigenvalue weighted by Gasteiger charge is 2.30. The molecule has 0 spiro atoms. The van der Waals surface area contributed by atoms with Crippen LogP contribution in [0.25, 0.3) is 0 Å². The summed E-state index contributed by atoms with van der Waals surface area (Å²) in [4.78, 5) is 15.6. The van der Waals surface area contributed by atoms with E-state index in [2.05, 4.69) is 27.4 Å². The van der Waals surface area contributed by atoms with Crippen LogP contribution in [-0.2, 0) is 16.1 Å². The minimum Gasteiger partial charge on any atom is -0.381 e. The quantitative estimate of drug-likeness (QED) is 0.834. The number of nitrogens with one attached hydrogen (secondary N) is 1. The van der Waals surface area contributed by atoms with Gasteiger partial charge in [0.25, 0.3) is 0 Å². The number of hydrogen-bond donors (Lipinski definition) is 1. The first-order valence-corrected chi connectivity index (χ1v) is 10.4. The van der Waals surface area contributed by atoms with Crippen molar-refractivity contribution < 1.29 is 9.53 Å². The minimum absolute atomic E-state index is 0.0675. The minimum atomic E-state index is -0.0675. The molecule has 2 fully saturated rings. The van der Waals surface area contributed by atoms with Crippen LogP contribution in [0.5, 0.6) is 0 Å². The summed E-state index contributed by atoms with van der Waals surface area (Å²) in [6, 6.07) is 12.7. The van der Waals surface area contributed by atoms with Crippen LogP contribution < -0.4 is 5.32 Å². The molecule has 1 amide bonds. The fourth-order valence-electron chi connectivity index (χ4n) is 4.38. The lowest BCUT2D eigenvalue weighted by atomic mass is 9.93. The average molecular weight is 383 g/mol. The monoisotopic (exact) mass is 382 g/mol. The summed E-state index contributed by atoms with van der Waals surface area (Å²) in [5.41, 5.74) is 1.12. The van der Waals surface area contributed by atoms with Gasteiger partial charge in [0, 0.05) is 37.6 Å². The third kappa shape index (κ3) is 4.80. The van der Waals surface area contributed by atoms with Gasteiger partial charge in [-0.2, -0.15) is 5.10 Å². The summed E-state index contributed by atoms with van der Waals surface area (Å²) < 4.78 is 7.36. The Morgan fingerprint density at radius 3 is 2.54 bits per heavy atom. The van der Waals surface area contributed by atoms with Crippen LogP contribution in [0.2, 0.25) is 0 Å². The molecule has 150 valence electrons. The molecule has 2 aromatic rings. The number of amides is 1. The molecule has 1 aromatic carbocycles. The number of hydrogen-bond acceptors (Lipinski definition) is 4. The lowest BCUT2D eigenvalue weighted by Gasteiger charge is -2.39. The summed E-state index contributed by atoms with van der Waals surface area (Å²) in [6.45, 7) is 4.41. The molecular formula is C22H30N4O2. The Morgan fingerprint density at radius 2 is 1.86 bits per heavy atom. The van der Waals surface area contributed by atoms with Gasteiger partial charge >= 0.3 is 0 Å². The Hall–Kier alpha value is -2.18. The molecule has 0 saturated carbocycles. The third-order valence-corrected chi connectivity index (χ3v) is 6.05. The second-order valence-electron chi connectivity index (χ2n) is 7.85. The second kappa shape index (κ2) is 9.34. The van der Waals surface area contributed by atoms with E-state index >= 15 is 0 Å². The van der Waals surface area contributed by atoms with Gasteiger partial charge in [0.15, 0.2) is 0 Å². The van der Waals surface area contributed by atoms with Crippen LogP contribution in [0.1, 0.15) is 37.3 Å². The molecule has 6 nitrogen and oxygen atoms in total. The number of piperidine rings is 1.